The number of rotatable bonds is 3. The second-order valence-electron chi connectivity index (χ2n) is 8.25. The highest BCUT2D eigenvalue weighted by Gasteiger charge is 2.50. The van der Waals surface area contributed by atoms with Crippen LogP contribution in [0, 0.1) is 6.92 Å². The van der Waals surface area contributed by atoms with Crippen molar-refractivity contribution in [2.24, 2.45) is 0 Å². The number of aryl methyl sites for hydroxylation is 1. The number of H-pyrrole nitrogens is 1. The first kappa shape index (κ1) is 19.1. The molecule has 1 aliphatic rings. The van der Waals surface area contributed by atoms with E-state index in [0.29, 0.717) is 5.56 Å². The van der Waals surface area contributed by atoms with Crippen LogP contribution < -0.4 is 11.2 Å². The van der Waals surface area contributed by atoms with Gasteiger partial charge in [-0.25, -0.2) is 4.79 Å². The smallest absolute Gasteiger partial charge is 0.330 e. The Morgan fingerprint density at radius 2 is 1.96 bits per heavy atom. The molecule has 136 valence electrons. The Morgan fingerprint density at radius 1 is 1.38 bits per heavy atom. The molecule has 1 unspecified atom stereocenters. The number of aromatic amines is 1. The lowest BCUT2D eigenvalue weighted by molar-refractivity contribution is -0.0628. The molecular formula is C16H28N2O5Si. The van der Waals surface area contributed by atoms with Crippen LogP contribution in [0.4, 0.5) is 0 Å². The number of aromatic nitrogens is 2. The number of aliphatic hydroxyl groups is 2. The molecule has 1 aromatic rings. The molecular weight excluding hydrogens is 328 g/mol. The van der Waals surface area contributed by atoms with Gasteiger partial charge in [-0.1, -0.05) is 33.9 Å². The highest BCUT2D eigenvalue weighted by atomic mass is 28.3. The molecule has 1 aromatic heterocycles. The Labute approximate surface area is 142 Å². The summed E-state index contributed by atoms with van der Waals surface area (Å²) in [5.41, 5.74) is -1.39. The van der Waals surface area contributed by atoms with E-state index in [0.717, 1.165) is 0 Å². The number of nitrogens with zero attached hydrogens (tertiary/aromatic N) is 1. The van der Waals surface area contributed by atoms with Crippen molar-refractivity contribution in [1.82, 2.24) is 9.55 Å². The molecule has 2 heterocycles. The molecule has 7 nitrogen and oxygen atoms in total. The topological polar surface area (TPSA) is 105 Å². The maximum atomic E-state index is 12.0. The van der Waals surface area contributed by atoms with E-state index < -0.39 is 43.5 Å². The minimum absolute atomic E-state index is 0.0704. The molecule has 3 N–H and O–H groups in total. The first-order chi connectivity index (χ1) is 10.9. The van der Waals surface area contributed by atoms with E-state index in [1.54, 1.807) is 6.92 Å². The Balaban J connectivity index is 2.29. The molecule has 8 heteroatoms. The standard InChI is InChI=1S/C16H28N2O5Si/c1-9-8-18(15(22)17-13(9)20)11-7-10(19)12(23-11)14(21)24(5,6)16(2,3)4/h8,10-12,14,19,21H,7H2,1-6H3,(H,17,20,22)/t10-,11+,12-,14?/m0/s1. The fourth-order valence-electron chi connectivity index (χ4n) is 2.79. The summed E-state index contributed by atoms with van der Waals surface area (Å²) in [6, 6.07) is 0. The van der Waals surface area contributed by atoms with Crippen LogP contribution in [0.25, 0.3) is 0 Å². The zero-order chi connectivity index (χ0) is 18.4. The van der Waals surface area contributed by atoms with Gasteiger partial charge in [0.1, 0.15) is 12.3 Å². The first-order valence-corrected chi connectivity index (χ1v) is 11.3. The van der Waals surface area contributed by atoms with Gasteiger partial charge in [-0.3, -0.25) is 14.3 Å². The molecule has 1 saturated heterocycles. The van der Waals surface area contributed by atoms with Gasteiger partial charge in [-0.05, 0) is 12.0 Å². The summed E-state index contributed by atoms with van der Waals surface area (Å²) in [4.78, 5) is 25.7. The van der Waals surface area contributed by atoms with Crippen molar-refractivity contribution in [3.8, 4) is 0 Å². The fraction of sp³-hybridized carbons (Fsp3) is 0.750. The average Bonchev–Trinajstić information content (AvgIpc) is 2.82. The van der Waals surface area contributed by atoms with Gasteiger partial charge >= 0.3 is 5.69 Å². The predicted octanol–water partition coefficient (Wildman–Crippen LogP) is 0.902. The third-order valence-corrected chi connectivity index (χ3v) is 11.2. The molecule has 0 spiro atoms. The van der Waals surface area contributed by atoms with E-state index in [1.165, 1.54) is 10.8 Å². The van der Waals surface area contributed by atoms with E-state index in [4.69, 9.17) is 4.74 Å². The van der Waals surface area contributed by atoms with Crippen molar-refractivity contribution in [2.75, 3.05) is 0 Å². The van der Waals surface area contributed by atoms with Crippen LogP contribution in [0.3, 0.4) is 0 Å². The van der Waals surface area contributed by atoms with Crippen LogP contribution in [0.1, 0.15) is 39.0 Å². The maximum absolute atomic E-state index is 12.0. The predicted molar refractivity (Wildman–Crippen MR) is 93.8 cm³/mol. The van der Waals surface area contributed by atoms with Crippen LogP contribution >= 0.6 is 0 Å². The van der Waals surface area contributed by atoms with Gasteiger partial charge in [0, 0.05) is 18.2 Å². The Bertz CT molecular complexity index is 718. The number of nitrogens with one attached hydrogen (secondary N) is 1. The third kappa shape index (κ3) is 3.28. The second kappa shape index (κ2) is 6.25. The number of ether oxygens (including phenoxy) is 1. The molecule has 0 amide bonds. The van der Waals surface area contributed by atoms with Crippen LogP contribution in [-0.2, 0) is 4.74 Å². The minimum Gasteiger partial charge on any atom is -0.394 e. The van der Waals surface area contributed by atoms with Gasteiger partial charge in [-0.15, -0.1) is 0 Å². The van der Waals surface area contributed by atoms with E-state index in [1.807, 2.05) is 0 Å². The zero-order valence-electron chi connectivity index (χ0n) is 15.2. The van der Waals surface area contributed by atoms with Crippen LogP contribution in [0.15, 0.2) is 15.8 Å². The zero-order valence-corrected chi connectivity index (χ0v) is 16.2. The van der Waals surface area contributed by atoms with Crippen LogP contribution in [-0.4, -0.2) is 45.8 Å². The summed E-state index contributed by atoms with van der Waals surface area (Å²) in [7, 11) is -2.15. The van der Waals surface area contributed by atoms with E-state index in [-0.39, 0.29) is 11.5 Å². The Morgan fingerprint density at radius 3 is 2.50 bits per heavy atom. The molecule has 2 rings (SSSR count). The third-order valence-electron chi connectivity index (χ3n) is 5.58. The molecule has 0 saturated carbocycles. The summed E-state index contributed by atoms with van der Waals surface area (Å²) >= 11 is 0. The highest BCUT2D eigenvalue weighted by molar-refractivity contribution is 6.81. The van der Waals surface area contributed by atoms with Crippen LogP contribution in [0.5, 0.6) is 0 Å². The van der Waals surface area contributed by atoms with Crippen molar-refractivity contribution in [2.45, 2.75) is 76.4 Å². The summed E-state index contributed by atoms with van der Waals surface area (Å²) in [5.74, 6) is 0. The normalized spacial score (nSPS) is 26.6. The van der Waals surface area contributed by atoms with E-state index in [9.17, 15) is 19.8 Å². The second-order valence-corrected chi connectivity index (χ2v) is 13.8. The Kier molecular flexibility index (Phi) is 4.98. The van der Waals surface area contributed by atoms with Gasteiger partial charge in [0.2, 0.25) is 0 Å². The lowest BCUT2D eigenvalue weighted by atomic mass is 10.2. The minimum atomic E-state index is -2.15. The van der Waals surface area contributed by atoms with Gasteiger partial charge in [-0.2, -0.15) is 0 Å². The SMILES string of the molecule is Cc1cn([C@H]2C[C@H](O)[C@@H](C(O)[Si](C)(C)C(C)(C)C)O2)c(=O)[nH]c1=O. The summed E-state index contributed by atoms with van der Waals surface area (Å²) in [6.07, 6.45) is -0.678. The van der Waals surface area contributed by atoms with E-state index in [2.05, 4.69) is 38.8 Å². The number of hydrogen-bond donors (Lipinski definition) is 3. The summed E-state index contributed by atoms with van der Waals surface area (Å²) in [6.45, 7) is 12.0. The van der Waals surface area contributed by atoms with Gasteiger partial charge in [0.05, 0.1) is 19.9 Å². The summed E-state index contributed by atoms with van der Waals surface area (Å²) in [5, 5.41) is 21.2. The van der Waals surface area contributed by atoms with Gasteiger partial charge in [0.25, 0.3) is 5.56 Å². The number of hydrogen-bond acceptors (Lipinski definition) is 5. The quantitative estimate of drug-likeness (QED) is 0.698. The molecule has 1 aliphatic heterocycles. The van der Waals surface area contributed by atoms with E-state index >= 15 is 0 Å². The molecule has 4 atom stereocenters. The molecule has 0 bridgehead atoms. The largest absolute Gasteiger partial charge is 0.394 e. The Hall–Kier alpha value is -1.22. The first-order valence-electron chi connectivity index (χ1n) is 8.20. The van der Waals surface area contributed by atoms with Crippen molar-refractivity contribution in [1.29, 1.82) is 0 Å². The highest BCUT2D eigenvalue weighted by Crippen LogP contribution is 2.42. The molecule has 0 aliphatic carbocycles. The number of aliphatic hydroxyl groups excluding tert-OH is 2. The van der Waals surface area contributed by atoms with Crippen molar-refractivity contribution in [3.05, 3.63) is 32.6 Å². The average molecular weight is 356 g/mol. The fourth-order valence-corrected chi connectivity index (χ4v) is 4.80. The van der Waals surface area contributed by atoms with Gasteiger partial charge < -0.3 is 14.9 Å². The maximum Gasteiger partial charge on any atom is 0.330 e. The van der Waals surface area contributed by atoms with Crippen molar-refractivity contribution < 1.29 is 14.9 Å². The lowest BCUT2D eigenvalue weighted by Crippen LogP contribution is -2.57. The van der Waals surface area contributed by atoms with Gasteiger partial charge in [0.15, 0.2) is 0 Å². The lowest BCUT2D eigenvalue weighted by Gasteiger charge is -2.43. The monoisotopic (exact) mass is 356 g/mol. The van der Waals surface area contributed by atoms with Crippen molar-refractivity contribution >= 4 is 8.07 Å². The van der Waals surface area contributed by atoms with Crippen LogP contribution in [0.2, 0.25) is 18.1 Å². The summed E-state index contributed by atoms with van der Waals surface area (Å²) < 4.78 is 7.13. The molecule has 0 radical (unpaired) electrons. The van der Waals surface area contributed by atoms with Crippen molar-refractivity contribution in [3.63, 3.8) is 0 Å². The molecule has 0 aromatic carbocycles. The molecule has 1 fully saturated rings. The molecule has 24 heavy (non-hydrogen) atoms.